The summed E-state index contributed by atoms with van der Waals surface area (Å²) in [6, 6.07) is 9.73. The Morgan fingerprint density at radius 1 is 1.43 bits per heavy atom. The summed E-state index contributed by atoms with van der Waals surface area (Å²) in [6.07, 6.45) is 0. The SMILES string of the molecule is COC[C@@H](C)NC(=O)CSc1n[nH]c(-c2ccccc2)n1. The molecule has 1 heterocycles. The molecule has 0 aliphatic heterocycles. The van der Waals surface area contributed by atoms with E-state index in [-0.39, 0.29) is 17.7 Å². The number of aromatic nitrogens is 3. The highest BCUT2D eigenvalue weighted by Crippen LogP contribution is 2.18. The van der Waals surface area contributed by atoms with Crippen molar-refractivity contribution in [2.75, 3.05) is 19.5 Å². The van der Waals surface area contributed by atoms with Crippen LogP contribution in [0.1, 0.15) is 6.92 Å². The number of rotatable bonds is 7. The summed E-state index contributed by atoms with van der Waals surface area (Å²) in [5, 5.41) is 10.4. The van der Waals surface area contributed by atoms with Crippen LogP contribution in [-0.2, 0) is 9.53 Å². The van der Waals surface area contributed by atoms with Gasteiger partial charge in [0.2, 0.25) is 11.1 Å². The van der Waals surface area contributed by atoms with Crippen LogP contribution in [0.2, 0.25) is 0 Å². The monoisotopic (exact) mass is 306 g/mol. The van der Waals surface area contributed by atoms with Gasteiger partial charge in [0.15, 0.2) is 5.82 Å². The molecule has 0 aliphatic carbocycles. The number of aromatic amines is 1. The second-order valence-electron chi connectivity index (χ2n) is 4.55. The van der Waals surface area contributed by atoms with Gasteiger partial charge in [-0.2, -0.15) is 0 Å². The lowest BCUT2D eigenvalue weighted by Gasteiger charge is -2.11. The van der Waals surface area contributed by atoms with E-state index in [0.29, 0.717) is 17.6 Å². The summed E-state index contributed by atoms with van der Waals surface area (Å²) in [5.41, 5.74) is 0.968. The smallest absolute Gasteiger partial charge is 0.230 e. The molecule has 21 heavy (non-hydrogen) atoms. The van der Waals surface area contributed by atoms with Crippen molar-refractivity contribution in [3.05, 3.63) is 30.3 Å². The molecule has 7 heteroatoms. The summed E-state index contributed by atoms with van der Waals surface area (Å²) >= 11 is 1.30. The van der Waals surface area contributed by atoms with Crippen molar-refractivity contribution >= 4 is 17.7 Å². The first-order chi connectivity index (χ1) is 10.2. The number of thioether (sulfide) groups is 1. The number of benzene rings is 1. The van der Waals surface area contributed by atoms with E-state index < -0.39 is 0 Å². The Balaban J connectivity index is 1.84. The molecule has 1 amide bonds. The number of hydrogen-bond donors (Lipinski definition) is 2. The van der Waals surface area contributed by atoms with Crippen molar-refractivity contribution in [1.29, 1.82) is 0 Å². The van der Waals surface area contributed by atoms with Crippen molar-refractivity contribution < 1.29 is 9.53 Å². The molecule has 0 fully saturated rings. The second kappa shape index (κ2) is 7.80. The number of nitrogens with zero attached hydrogens (tertiary/aromatic N) is 2. The molecule has 6 nitrogen and oxygen atoms in total. The highest BCUT2D eigenvalue weighted by molar-refractivity contribution is 7.99. The van der Waals surface area contributed by atoms with Gasteiger partial charge in [-0.3, -0.25) is 9.89 Å². The molecule has 0 radical (unpaired) electrons. The van der Waals surface area contributed by atoms with Crippen LogP contribution in [0.3, 0.4) is 0 Å². The number of amides is 1. The van der Waals surface area contributed by atoms with E-state index in [9.17, 15) is 4.79 Å². The molecule has 0 bridgehead atoms. The van der Waals surface area contributed by atoms with Gasteiger partial charge in [-0.25, -0.2) is 4.98 Å². The van der Waals surface area contributed by atoms with Crippen molar-refractivity contribution in [3.8, 4) is 11.4 Å². The number of nitrogens with one attached hydrogen (secondary N) is 2. The van der Waals surface area contributed by atoms with Crippen molar-refractivity contribution in [2.24, 2.45) is 0 Å². The van der Waals surface area contributed by atoms with Gasteiger partial charge in [0, 0.05) is 18.7 Å². The number of carbonyl (C=O) groups excluding carboxylic acids is 1. The molecule has 2 aromatic rings. The molecule has 1 atom stereocenters. The normalized spacial score (nSPS) is 12.1. The maximum Gasteiger partial charge on any atom is 0.230 e. The molecule has 0 unspecified atom stereocenters. The van der Waals surface area contributed by atoms with Crippen LogP contribution in [0.4, 0.5) is 0 Å². The Hall–Kier alpha value is -1.86. The molecule has 1 aromatic carbocycles. The lowest BCUT2D eigenvalue weighted by atomic mass is 10.2. The Kier molecular flexibility index (Phi) is 5.77. The van der Waals surface area contributed by atoms with Crippen molar-refractivity contribution in [2.45, 2.75) is 18.1 Å². The number of ether oxygens (including phenoxy) is 1. The Morgan fingerprint density at radius 2 is 2.19 bits per heavy atom. The van der Waals surface area contributed by atoms with Crippen LogP contribution in [0.15, 0.2) is 35.5 Å². The zero-order chi connectivity index (χ0) is 15.1. The quantitative estimate of drug-likeness (QED) is 0.761. The first-order valence-electron chi connectivity index (χ1n) is 6.58. The van der Waals surface area contributed by atoms with Gasteiger partial charge in [0.25, 0.3) is 0 Å². The minimum Gasteiger partial charge on any atom is -0.383 e. The van der Waals surface area contributed by atoms with Gasteiger partial charge >= 0.3 is 0 Å². The molecule has 0 aliphatic rings. The largest absolute Gasteiger partial charge is 0.383 e. The zero-order valence-corrected chi connectivity index (χ0v) is 12.8. The number of H-pyrrole nitrogens is 1. The van der Waals surface area contributed by atoms with Gasteiger partial charge in [-0.05, 0) is 6.92 Å². The van der Waals surface area contributed by atoms with E-state index in [0.717, 1.165) is 5.56 Å². The maximum atomic E-state index is 11.7. The average molecular weight is 306 g/mol. The maximum absolute atomic E-state index is 11.7. The van der Waals surface area contributed by atoms with Crippen LogP contribution >= 0.6 is 11.8 Å². The van der Waals surface area contributed by atoms with Gasteiger partial charge < -0.3 is 10.1 Å². The molecular formula is C14H18N4O2S. The molecule has 0 saturated carbocycles. The van der Waals surface area contributed by atoms with E-state index >= 15 is 0 Å². The summed E-state index contributed by atoms with van der Waals surface area (Å²) in [5.74, 6) is 0.919. The van der Waals surface area contributed by atoms with Crippen LogP contribution in [-0.4, -0.2) is 46.6 Å². The molecule has 1 aromatic heterocycles. The lowest BCUT2D eigenvalue weighted by molar-refractivity contribution is -0.119. The van der Waals surface area contributed by atoms with Gasteiger partial charge in [0.1, 0.15) is 0 Å². The van der Waals surface area contributed by atoms with Crippen LogP contribution < -0.4 is 5.32 Å². The molecule has 2 rings (SSSR count). The fourth-order valence-corrected chi connectivity index (χ4v) is 2.38. The fourth-order valence-electron chi connectivity index (χ4n) is 1.77. The van der Waals surface area contributed by atoms with Gasteiger partial charge in [0.05, 0.1) is 12.4 Å². The molecule has 0 saturated heterocycles. The van der Waals surface area contributed by atoms with Gasteiger partial charge in [-0.15, -0.1) is 5.10 Å². The molecule has 112 valence electrons. The van der Waals surface area contributed by atoms with E-state index in [2.05, 4.69) is 20.5 Å². The van der Waals surface area contributed by atoms with Crippen molar-refractivity contribution in [1.82, 2.24) is 20.5 Å². The third-order valence-corrected chi connectivity index (χ3v) is 3.52. The predicted molar refractivity (Wildman–Crippen MR) is 82.0 cm³/mol. The third-order valence-electron chi connectivity index (χ3n) is 2.67. The average Bonchev–Trinajstić information content (AvgIpc) is 2.95. The number of carbonyl (C=O) groups is 1. The third kappa shape index (κ3) is 4.87. The summed E-state index contributed by atoms with van der Waals surface area (Å²) in [6.45, 7) is 2.39. The lowest BCUT2D eigenvalue weighted by Crippen LogP contribution is -2.36. The standard InChI is InChI=1S/C14H18N4O2S/c1-10(8-20-2)15-12(19)9-21-14-16-13(17-18-14)11-6-4-3-5-7-11/h3-7,10H,8-9H2,1-2H3,(H,15,19)(H,16,17,18)/t10-/m1/s1. The van der Waals surface area contributed by atoms with Crippen molar-refractivity contribution in [3.63, 3.8) is 0 Å². The topological polar surface area (TPSA) is 79.9 Å². The van der Waals surface area contributed by atoms with E-state index in [1.165, 1.54) is 11.8 Å². The van der Waals surface area contributed by atoms with E-state index in [1.807, 2.05) is 37.3 Å². The molecular weight excluding hydrogens is 288 g/mol. The highest BCUT2D eigenvalue weighted by Gasteiger charge is 2.10. The zero-order valence-electron chi connectivity index (χ0n) is 12.0. The van der Waals surface area contributed by atoms with Crippen LogP contribution in [0.25, 0.3) is 11.4 Å². The van der Waals surface area contributed by atoms with E-state index in [4.69, 9.17) is 4.74 Å². The first-order valence-corrected chi connectivity index (χ1v) is 7.56. The Morgan fingerprint density at radius 3 is 2.90 bits per heavy atom. The Labute approximate surface area is 127 Å². The highest BCUT2D eigenvalue weighted by atomic mass is 32.2. The molecule has 0 spiro atoms. The fraction of sp³-hybridized carbons (Fsp3) is 0.357. The summed E-state index contributed by atoms with van der Waals surface area (Å²) < 4.78 is 4.97. The summed E-state index contributed by atoms with van der Waals surface area (Å²) in [7, 11) is 1.61. The van der Waals surface area contributed by atoms with Crippen LogP contribution in [0, 0.1) is 0 Å². The minimum absolute atomic E-state index is 0.00452. The van der Waals surface area contributed by atoms with Gasteiger partial charge in [-0.1, -0.05) is 42.1 Å². The van der Waals surface area contributed by atoms with Crippen LogP contribution in [0.5, 0.6) is 0 Å². The Bertz CT molecular complexity index is 573. The summed E-state index contributed by atoms with van der Waals surface area (Å²) in [4.78, 5) is 16.1. The first kappa shape index (κ1) is 15.5. The number of hydrogen-bond acceptors (Lipinski definition) is 5. The molecule has 2 N–H and O–H groups in total. The number of methoxy groups -OCH3 is 1. The minimum atomic E-state index is -0.0596. The second-order valence-corrected chi connectivity index (χ2v) is 5.49. The van der Waals surface area contributed by atoms with E-state index in [1.54, 1.807) is 7.11 Å². The predicted octanol–water partition coefficient (Wildman–Crippen LogP) is 1.71.